The second kappa shape index (κ2) is 16.1. The Hall–Kier alpha value is -5.49. The summed E-state index contributed by atoms with van der Waals surface area (Å²) < 4.78 is 23.1. The van der Waals surface area contributed by atoms with Crippen molar-refractivity contribution in [2.45, 2.75) is 28.4 Å². The topological polar surface area (TPSA) is 147 Å². The van der Waals surface area contributed by atoms with Crippen molar-refractivity contribution in [3.8, 4) is 11.1 Å². The van der Waals surface area contributed by atoms with Crippen LogP contribution < -0.4 is 21.1 Å². The summed E-state index contributed by atoms with van der Waals surface area (Å²) in [6.07, 6.45) is 2.13. The van der Waals surface area contributed by atoms with Gasteiger partial charge in [-0.3, -0.25) is 14.4 Å². The smallest absolute Gasteiger partial charge is 0.272 e. The van der Waals surface area contributed by atoms with E-state index in [-0.39, 0.29) is 16.5 Å². The van der Waals surface area contributed by atoms with Gasteiger partial charge in [-0.1, -0.05) is 85.8 Å². The lowest BCUT2D eigenvalue weighted by molar-refractivity contribution is -0.116. The highest BCUT2D eigenvalue weighted by Crippen LogP contribution is 2.29. The van der Waals surface area contributed by atoms with E-state index >= 15 is 0 Å². The van der Waals surface area contributed by atoms with Gasteiger partial charge in [0.25, 0.3) is 11.8 Å². The number of rotatable bonds is 12. The molecular weight excluding hydrogens is 657 g/mol. The van der Waals surface area contributed by atoms with Gasteiger partial charge in [-0.25, -0.2) is 13.6 Å². The molecule has 0 fully saturated rings. The first-order chi connectivity index (χ1) is 23.6. The van der Waals surface area contributed by atoms with Crippen LogP contribution in [0.3, 0.4) is 0 Å². The van der Waals surface area contributed by atoms with Crippen LogP contribution in [0.2, 0.25) is 0 Å². The second-order valence-electron chi connectivity index (χ2n) is 10.9. The van der Waals surface area contributed by atoms with Crippen molar-refractivity contribution in [2.24, 2.45) is 5.14 Å². The third-order valence-corrected chi connectivity index (χ3v) is 9.63. The van der Waals surface area contributed by atoms with Gasteiger partial charge in [0.1, 0.15) is 5.70 Å². The molecule has 9 nitrogen and oxygen atoms in total. The van der Waals surface area contributed by atoms with Gasteiger partial charge in [-0.15, -0.1) is 11.8 Å². The first kappa shape index (κ1) is 34.8. The standard InChI is InChI=1S/C38H34N4O5S2/c1-2-35(38(45)40-30-20-22-33(23-21-30)49(39,46)47)48-32-15-9-14-31(25-32)41-37(44)34(42-36(43)29-12-7-4-8-13-29)24-26-16-18-28(19-17-26)27-10-5-3-6-11-27/h3-25,35H,2H2,1H3,(H,40,45)(H,41,44)(H,42,43)(H2,39,46,47)/b34-24+. The highest BCUT2D eigenvalue weighted by Gasteiger charge is 2.20. The maximum absolute atomic E-state index is 13.6. The average Bonchev–Trinajstić information content (AvgIpc) is 3.11. The highest BCUT2D eigenvalue weighted by atomic mass is 32.2. The fourth-order valence-corrected chi connectivity index (χ4v) is 6.32. The SMILES string of the molecule is CCC(Sc1cccc(NC(=O)/C(=C\c2ccc(-c3ccccc3)cc2)NC(=O)c2ccccc2)c1)C(=O)Nc1ccc(S(N)(=O)=O)cc1. The molecule has 0 aliphatic rings. The molecule has 0 aromatic heterocycles. The molecule has 0 saturated heterocycles. The summed E-state index contributed by atoms with van der Waals surface area (Å²) >= 11 is 1.32. The van der Waals surface area contributed by atoms with Gasteiger partial charge in [-0.2, -0.15) is 0 Å². The summed E-state index contributed by atoms with van der Waals surface area (Å²) in [6.45, 7) is 1.88. The average molecular weight is 691 g/mol. The highest BCUT2D eigenvalue weighted by molar-refractivity contribution is 8.00. The lowest BCUT2D eigenvalue weighted by Gasteiger charge is -2.16. The zero-order chi connectivity index (χ0) is 34.8. The van der Waals surface area contributed by atoms with Crippen LogP contribution in [0.1, 0.15) is 29.3 Å². The number of anilines is 2. The molecule has 0 heterocycles. The number of nitrogens with two attached hydrogens (primary N) is 1. The Bertz CT molecular complexity index is 2070. The van der Waals surface area contributed by atoms with Crippen LogP contribution in [-0.4, -0.2) is 31.4 Å². The first-order valence-corrected chi connectivity index (χ1v) is 17.8. The maximum atomic E-state index is 13.6. The number of amides is 3. The molecule has 3 amide bonds. The number of primary sulfonamides is 1. The van der Waals surface area contributed by atoms with Gasteiger partial charge in [0, 0.05) is 21.8 Å². The molecular formula is C38H34N4O5S2. The minimum atomic E-state index is -3.85. The van der Waals surface area contributed by atoms with E-state index in [2.05, 4.69) is 16.0 Å². The summed E-state index contributed by atoms with van der Waals surface area (Å²) in [6, 6.07) is 38.9. The number of hydrogen-bond acceptors (Lipinski definition) is 6. The number of carbonyl (C=O) groups excluding carboxylic acids is 3. The van der Waals surface area contributed by atoms with Crippen LogP contribution in [0.4, 0.5) is 11.4 Å². The Kier molecular flexibility index (Phi) is 11.4. The van der Waals surface area contributed by atoms with Crippen molar-refractivity contribution in [3.63, 3.8) is 0 Å². The molecule has 1 atom stereocenters. The molecule has 5 rings (SSSR count). The largest absolute Gasteiger partial charge is 0.325 e. The molecule has 1 unspecified atom stereocenters. The van der Waals surface area contributed by atoms with E-state index in [9.17, 15) is 22.8 Å². The monoisotopic (exact) mass is 690 g/mol. The number of thioether (sulfide) groups is 1. The second-order valence-corrected chi connectivity index (χ2v) is 13.8. The molecule has 11 heteroatoms. The van der Waals surface area contributed by atoms with Crippen LogP contribution >= 0.6 is 11.8 Å². The Balaban J connectivity index is 1.31. The molecule has 0 radical (unpaired) electrons. The van der Waals surface area contributed by atoms with E-state index in [4.69, 9.17) is 5.14 Å². The van der Waals surface area contributed by atoms with Crippen molar-refractivity contribution >= 4 is 57.0 Å². The molecule has 49 heavy (non-hydrogen) atoms. The van der Waals surface area contributed by atoms with E-state index in [1.165, 1.54) is 36.0 Å². The molecule has 5 aromatic carbocycles. The van der Waals surface area contributed by atoms with Crippen molar-refractivity contribution in [2.75, 3.05) is 10.6 Å². The van der Waals surface area contributed by atoms with Crippen LogP contribution in [0.15, 0.2) is 149 Å². The minimum Gasteiger partial charge on any atom is -0.325 e. The third kappa shape index (κ3) is 9.77. The maximum Gasteiger partial charge on any atom is 0.272 e. The van der Waals surface area contributed by atoms with Crippen molar-refractivity contribution in [3.05, 3.63) is 150 Å². The van der Waals surface area contributed by atoms with Gasteiger partial charge in [0.2, 0.25) is 15.9 Å². The number of hydrogen-bond donors (Lipinski definition) is 4. The minimum absolute atomic E-state index is 0.0515. The molecule has 0 aliphatic carbocycles. The lowest BCUT2D eigenvalue weighted by Crippen LogP contribution is -2.30. The fraction of sp³-hybridized carbons (Fsp3) is 0.0789. The predicted molar refractivity (Wildman–Crippen MR) is 195 cm³/mol. The van der Waals surface area contributed by atoms with Gasteiger partial charge in [0.15, 0.2) is 0 Å². The van der Waals surface area contributed by atoms with Crippen LogP contribution in [0.25, 0.3) is 17.2 Å². The number of nitrogens with one attached hydrogen (secondary N) is 3. The zero-order valence-corrected chi connectivity index (χ0v) is 28.1. The van der Waals surface area contributed by atoms with Crippen LogP contribution in [0.5, 0.6) is 0 Å². The van der Waals surface area contributed by atoms with Gasteiger partial charge < -0.3 is 16.0 Å². The molecule has 5 aromatic rings. The summed E-state index contributed by atoms with van der Waals surface area (Å²) in [5.41, 5.74) is 4.17. The molecule has 0 spiro atoms. The van der Waals surface area contributed by atoms with Gasteiger partial charge in [0.05, 0.1) is 10.1 Å². The quantitative estimate of drug-likeness (QED) is 0.0826. The summed E-state index contributed by atoms with van der Waals surface area (Å²) in [5.74, 6) is -1.22. The molecule has 0 aliphatic heterocycles. The van der Waals surface area contributed by atoms with E-state index in [0.29, 0.717) is 23.4 Å². The van der Waals surface area contributed by atoms with Gasteiger partial charge in [-0.05, 0) is 83.8 Å². The molecule has 248 valence electrons. The fourth-order valence-electron chi connectivity index (χ4n) is 4.79. The molecule has 0 saturated carbocycles. The van der Waals surface area contributed by atoms with Crippen LogP contribution in [-0.2, 0) is 19.6 Å². The Labute approximate surface area is 289 Å². The lowest BCUT2D eigenvalue weighted by atomic mass is 10.0. The van der Waals surface area contributed by atoms with Crippen molar-refractivity contribution < 1.29 is 22.8 Å². The van der Waals surface area contributed by atoms with Crippen molar-refractivity contribution in [1.29, 1.82) is 0 Å². The third-order valence-electron chi connectivity index (χ3n) is 7.34. The van der Waals surface area contributed by atoms with Crippen LogP contribution in [0, 0.1) is 0 Å². The Morgan fingerprint density at radius 2 is 1.37 bits per heavy atom. The summed E-state index contributed by atoms with van der Waals surface area (Å²) in [4.78, 5) is 40.5. The summed E-state index contributed by atoms with van der Waals surface area (Å²) in [7, 11) is -3.85. The first-order valence-electron chi connectivity index (χ1n) is 15.3. The van der Waals surface area contributed by atoms with E-state index in [1.54, 1.807) is 54.6 Å². The van der Waals surface area contributed by atoms with E-state index in [0.717, 1.165) is 21.6 Å². The summed E-state index contributed by atoms with van der Waals surface area (Å²) in [5, 5.41) is 13.1. The van der Waals surface area contributed by atoms with Gasteiger partial charge >= 0.3 is 0 Å². The number of sulfonamides is 1. The Morgan fingerprint density at radius 3 is 2.00 bits per heavy atom. The molecule has 5 N–H and O–H groups in total. The normalized spacial score (nSPS) is 12.1. The number of carbonyl (C=O) groups is 3. The predicted octanol–water partition coefficient (Wildman–Crippen LogP) is 6.92. The van der Waals surface area contributed by atoms with Crippen molar-refractivity contribution in [1.82, 2.24) is 5.32 Å². The number of benzene rings is 5. The Morgan fingerprint density at radius 1 is 0.735 bits per heavy atom. The molecule has 0 bridgehead atoms. The van der Waals surface area contributed by atoms with E-state index < -0.39 is 27.1 Å². The van der Waals surface area contributed by atoms with E-state index in [1.807, 2.05) is 67.6 Å². The zero-order valence-electron chi connectivity index (χ0n) is 26.5.